The summed E-state index contributed by atoms with van der Waals surface area (Å²) >= 11 is 0. The number of hydrogen-bond donors (Lipinski definition) is 2. The molecule has 0 bridgehead atoms. The zero-order chi connectivity index (χ0) is 18.6. The summed E-state index contributed by atoms with van der Waals surface area (Å²) in [6.45, 7) is 2.24. The van der Waals surface area contributed by atoms with Crippen LogP contribution in [0.2, 0.25) is 0 Å². The quantitative estimate of drug-likeness (QED) is 0.878. The average molecular weight is 363 g/mol. The zero-order valence-electron chi connectivity index (χ0n) is 15.4. The number of benzene rings is 2. The predicted molar refractivity (Wildman–Crippen MR) is 105 cm³/mol. The largest absolute Gasteiger partial charge is 0.348 e. The molecule has 2 heterocycles. The normalized spacial score (nSPS) is 20.6. The number of anilines is 1. The zero-order valence-corrected chi connectivity index (χ0v) is 15.4. The highest BCUT2D eigenvalue weighted by Gasteiger charge is 2.27. The molecule has 5 heteroatoms. The molecule has 1 atom stereocenters. The number of carbonyl (C=O) groups excluding carboxylic acids is 2. The molecular weight excluding hydrogens is 338 g/mol. The van der Waals surface area contributed by atoms with Crippen molar-refractivity contribution in [1.29, 1.82) is 0 Å². The summed E-state index contributed by atoms with van der Waals surface area (Å²) in [5, 5.41) is 5.92. The third kappa shape index (κ3) is 4.19. The Morgan fingerprint density at radius 3 is 2.52 bits per heavy atom. The van der Waals surface area contributed by atoms with Crippen LogP contribution in [-0.2, 0) is 9.59 Å². The Morgan fingerprint density at radius 2 is 1.74 bits per heavy atom. The van der Waals surface area contributed by atoms with Gasteiger partial charge in [0.25, 0.3) is 0 Å². The summed E-state index contributed by atoms with van der Waals surface area (Å²) < 4.78 is 0. The van der Waals surface area contributed by atoms with Crippen molar-refractivity contribution in [3.63, 3.8) is 0 Å². The first kappa shape index (κ1) is 17.7. The van der Waals surface area contributed by atoms with Gasteiger partial charge in [-0.05, 0) is 49.0 Å². The Balaban J connectivity index is 1.31. The third-order valence-corrected chi connectivity index (χ3v) is 5.56. The van der Waals surface area contributed by atoms with Crippen molar-refractivity contribution in [2.24, 2.45) is 0 Å². The summed E-state index contributed by atoms with van der Waals surface area (Å²) in [5.41, 5.74) is 3.17. The first-order valence-electron chi connectivity index (χ1n) is 9.64. The van der Waals surface area contributed by atoms with Gasteiger partial charge in [-0.15, -0.1) is 0 Å². The maximum absolute atomic E-state index is 12.6. The first-order valence-corrected chi connectivity index (χ1v) is 9.64. The minimum absolute atomic E-state index is 0.0114. The number of para-hydroxylation sites is 1. The number of rotatable bonds is 4. The van der Waals surface area contributed by atoms with E-state index in [0.29, 0.717) is 18.9 Å². The van der Waals surface area contributed by atoms with Crippen molar-refractivity contribution in [1.82, 2.24) is 10.2 Å². The minimum Gasteiger partial charge on any atom is -0.348 e. The molecule has 2 aliphatic heterocycles. The van der Waals surface area contributed by atoms with Crippen molar-refractivity contribution in [2.75, 3.05) is 25.0 Å². The lowest BCUT2D eigenvalue weighted by Crippen LogP contribution is -2.43. The highest BCUT2D eigenvalue weighted by Crippen LogP contribution is 2.30. The molecular formula is C22H25N3O2. The summed E-state index contributed by atoms with van der Waals surface area (Å²) in [4.78, 5) is 26.7. The number of amides is 2. The molecule has 0 aliphatic carbocycles. The number of fused-ring (bicyclic) bond motifs is 1. The summed E-state index contributed by atoms with van der Waals surface area (Å²) in [5.74, 6) is 0.518. The Bertz CT molecular complexity index is 813. The van der Waals surface area contributed by atoms with Gasteiger partial charge in [0.15, 0.2) is 0 Å². The molecule has 2 amide bonds. The molecule has 140 valence electrons. The summed E-state index contributed by atoms with van der Waals surface area (Å²) in [6, 6.07) is 18.0. The first-order chi connectivity index (χ1) is 13.2. The van der Waals surface area contributed by atoms with Gasteiger partial charge in [0.05, 0.1) is 19.0 Å². The summed E-state index contributed by atoms with van der Waals surface area (Å²) in [6.07, 6.45) is 2.44. The van der Waals surface area contributed by atoms with Gasteiger partial charge in [-0.25, -0.2) is 0 Å². The number of likely N-dealkylation sites (tertiary alicyclic amines) is 1. The monoisotopic (exact) mass is 363 g/mol. The van der Waals surface area contributed by atoms with E-state index in [1.165, 1.54) is 5.56 Å². The minimum atomic E-state index is -0.246. The van der Waals surface area contributed by atoms with Gasteiger partial charge in [0.2, 0.25) is 11.8 Å². The third-order valence-electron chi connectivity index (χ3n) is 5.56. The van der Waals surface area contributed by atoms with E-state index in [4.69, 9.17) is 0 Å². The van der Waals surface area contributed by atoms with Crippen LogP contribution in [0.5, 0.6) is 0 Å². The lowest BCUT2D eigenvalue weighted by molar-refractivity contribution is -0.123. The second kappa shape index (κ2) is 7.92. The molecule has 0 aromatic heterocycles. The van der Waals surface area contributed by atoms with Crippen LogP contribution >= 0.6 is 0 Å². The van der Waals surface area contributed by atoms with Gasteiger partial charge >= 0.3 is 0 Å². The van der Waals surface area contributed by atoms with Crippen LogP contribution in [0.25, 0.3) is 0 Å². The number of nitrogens with zero attached hydrogens (tertiary/aromatic N) is 1. The van der Waals surface area contributed by atoms with Crippen LogP contribution in [0.15, 0.2) is 54.6 Å². The summed E-state index contributed by atoms with van der Waals surface area (Å²) in [7, 11) is 0. The molecule has 1 unspecified atom stereocenters. The topological polar surface area (TPSA) is 61.4 Å². The van der Waals surface area contributed by atoms with Crippen LogP contribution in [-0.4, -0.2) is 36.3 Å². The van der Waals surface area contributed by atoms with E-state index in [-0.39, 0.29) is 17.9 Å². The molecule has 27 heavy (non-hydrogen) atoms. The van der Waals surface area contributed by atoms with E-state index in [9.17, 15) is 9.59 Å². The van der Waals surface area contributed by atoms with Crippen LogP contribution in [0.3, 0.4) is 0 Å². The Morgan fingerprint density at radius 1 is 1.04 bits per heavy atom. The molecule has 0 saturated carbocycles. The van der Waals surface area contributed by atoms with Gasteiger partial charge < -0.3 is 10.6 Å². The average Bonchev–Trinajstić information content (AvgIpc) is 2.69. The van der Waals surface area contributed by atoms with Crippen molar-refractivity contribution in [3.8, 4) is 0 Å². The van der Waals surface area contributed by atoms with E-state index in [2.05, 4.69) is 39.8 Å². The molecule has 0 radical (unpaired) electrons. The fourth-order valence-corrected chi connectivity index (χ4v) is 4.13. The van der Waals surface area contributed by atoms with Gasteiger partial charge in [-0.2, -0.15) is 0 Å². The van der Waals surface area contributed by atoms with Crippen LogP contribution in [0.4, 0.5) is 5.69 Å². The molecule has 1 saturated heterocycles. The number of nitrogens with one attached hydrogen (secondary N) is 2. The highest BCUT2D eigenvalue weighted by atomic mass is 16.2. The molecule has 5 nitrogen and oxygen atoms in total. The fourth-order valence-electron chi connectivity index (χ4n) is 4.13. The Hall–Kier alpha value is -2.66. The molecule has 0 spiro atoms. The molecule has 2 aliphatic rings. The number of piperidine rings is 1. The molecule has 1 fully saturated rings. The van der Waals surface area contributed by atoms with E-state index in [1.807, 2.05) is 30.3 Å². The SMILES string of the molecule is O=C1CC(NC(=O)CN2CCC(c3ccccc3)CC2)c2ccccc2N1. The van der Waals surface area contributed by atoms with E-state index >= 15 is 0 Å². The maximum Gasteiger partial charge on any atom is 0.234 e. The van der Waals surface area contributed by atoms with Crippen LogP contribution < -0.4 is 10.6 Å². The molecule has 2 N–H and O–H groups in total. The Kier molecular flexibility index (Phi) is 5.21. The van der Waals surface area contributed by atoms with Gasteiger partial charge in [0.1, 0.15) is 0 Å². The second-order valence-electron chi connectivity index (χ2n) is 7.42. The number of hydrogen-bond acceptors (Lipinski definition) is 3. The lowest BCUT2D eigenvalue weighted by Gasteiger charge is -2.32. The van der Waals surface area contributed by atoms with Crippen LogP contribution in [0, 0.1) is 0 Å². The van der Waals surface area contributed by atoms with Crippen molar-refractivity contribution in [2.45, 2.75) is 31.2 Å². The van der Waals surface area contributed by atoms with Gasteiger partial charge in [-0.3, -0.25) is 14.5 Å². The van der Waals surface area contributed by atoms with Crippen molar-refractivity contribution < 1.29 is 9.59 Å². The predicted octanol–water partition coefficient (Wildman–Crippen LogP) is 3.07. The molecule has 2 aromatic carbocycles. The van der Waals surface area contributed by atoms with Crippen molar-refractivity contribution in [3.05, 3.63) is 65.7 Å². The maximum atomic E-state index is 12.6. The number of carbonyl (C=O) groups is 2. The fraction of sp³-hybridized carbons (Fsp3) is 0.364. The second-order valence-corrected chi connectivity index (χ2v) is 7.42. The van der Waals surface area contributed by atoms with E-state index in [0.717, 1.165) is 37.2 Å². The van der Waals surface area contributed by atoms with E-state index < -0.39 is 0 Å². The molecule has 2 aromatic rings. The van der Waals surface area contributed by atoms with Crippen molar-refractivity contribution >= 4 is 17.5 Å². The van der Waals surface area contributed by atoms with E-state index in [1.54, 1.807) is 0 Å². The lowest BCUT2D eigenvalue weighted by atomic mass is 9.89. The standard InChI is InChI=1S/C22H25N3O2/c26-21-14-20(18-8-4-5-9-19(18)23-21)24-22(27)15-25-12-10-17(11-13-25)16-6-2-1-3-7-16/h1-9,17,20H,10-15H2,(H,23,26)(H,24,27). The highest BCUT2D eigenvalue weighted by molar-refractivity contribution is 5.95. The smallest absolute Gasteiger partial charge is 0.234 e. The molecule has 4 rings (SSSR count). The van der Waals surface area contributed by atoms with Gasteiger partial charge in [-0.1, -0.05) is 48.5 Å². The van der Waals surface area contributed by atoms with Crippen LogP contribution in [0.1, 0.15) is 42.3 Å². The van der Waals surface area contributed by atoms with Gasteiger partial charge in [0, 0.05) is 5.69 Å². The Labute approximate surface area is 159 Å².